The van der Waals surface area contributed by atoms with Crippen LogP contribution in [0.5, 0.6) is 0 Å². The van der Waals surface area contributed by atoms with Crippen LogP contribution in [0, 0.1) is 10.1 Å². The fourth-order valence-corrected chi connectivity index (χ4v) is 2.18. The molecule has 0 aliphatic rings. The van der Waals surface area contributed by atoms with Crippen molar-refractivity contribution in [1.29, 1.82) is 0 Å². The molecule has 2 rings (SSSR count). The van der Waals surface area contributed by atoms with Crippen molar-refractivity contribution in [3.05, 3.63) is 40.1 Å². The largest absolute Gasteiger partial charge is 0.481 e. The van der Waals surface area contributed by atoms with Crippen molar-refractivity contribution in [1.82, 2.24) is 0 Å². The average molecular weight is 267 g/mol. The number of carbonyl (C=O) groups is 1. The van der Waals surface area contributed by atoms with Gasteiger partial charge in [0.25, 0.3) is 0 Å². The Hall–Kier alpha value is -2.02. The van der Waals surface area contributed by atoms with Crippen molar-refractivity contribution in [3.63, 3.8) is 0 Å². The van der Waals surface area contributed by atoms with Gasteiger partial charge in [0.2, 0.25) is 5.58 Å². The van der Waals surface area contributed by atoms with E-state index in [2.05, 4.69) is 0 Å². The van der Waals surface area contributed by atoms with E-state index in [1.165, 1.54) is 17.8 Å². The number of benzene rings is 1. The van der Waals surface area contributed by atoms with E-state index in [4.69, 9.17) is 9.52 Å². The summed E-state index contributed by atoms with van der Waals surface area (Å²) in [5, 5.41) is 19.9. The number of furan rings is 1. The van der Waals surface area contributed by atoms with E-state index in [-0.39, 0.29) is 17.0 Å². The lowest BCUT2D eigenvalue weighted by Gasteiger charge is -1.94. The van der Waals surface area contributed by atoms with E-state index in [1.54, 1.807) is 18.2 Å². The van der Waals surface area contributed by atoms with Gasteiger partial charge in [-0.3, -0.25) is 14.9 Å². The summed E-state index contributed by atoms with van der Waals surface area (Å²) in [4.78, 5) is 20.7. The zero-order valence-electron chi connectivity index (χ0n) is 9.16. The van der Waals surface area contributed by atoms with Gasteiger partial charge in [0, 0.05) is 11.5 Å². The number of hydrogen-bond acceptors (Lipinski definition) is 5. The maximum Gasteiger partial charge on any atom is 0.313 e. The molecule has 0 aliphatic heterocycles. The van der Waals surface area contributed by atoms with Crippen molar-refractivity contribution in [2.24, 2.45) is 0 Å². The normalized spacial score (nSPS) is 10.7. The van der Waals surface area contributed by atoms with Crippen molar-refractivity contribution in [3.8, 4) is 0 Å². The van der Waals surface area contributed by atoms with Gasteiger partial charge < -0.3 is 9.52 Å². The lowest BCUT2D eigenvalue weighted by Crippen LogP contribution is -1.97. The van der Waals surface area contributed by atoms with Gasteiger partial charge in [0.1, 0.15) is 5.76 Å². The molecule has 94 valence electrons. The van der Waals surface area contributed by atoms with E-state index in [1.807, 2.05) is 0 Å². The average Bonchev–Trinajstić information content (AvgIpc) is 2.70. The smallest absolute Gasteiger partial charge is 0.313 e. The van der Waals surface area contributed by atoms with Crippen LogP contribution >= 0.6 is 11.8 Å². The molecule has 1 aromatic carbocycles. The molecule has 0 fully saturated rings. The second kappa shape index (κ2) is 5.09. The molecule has 0 atom stereocenters. The fraction of sp³-hybridized carbons (Fsp3) is 0.182. The third kappa shape index (κ3) is 2.62. The van der Waals surface area contributed by atoms with Crippen molar-refractivity contribution in [2.75, 3.05) is 5.75 Å². The molecule has 1 N–H and O–H groups in total. The molecule has 6 nitrogen and oxygen atoms in total. The second-order valence-corrected chi connectivity index (χ2v) is 4.54. The number of non-ortho nitro benzene ring substituents is 1. The van der Waals surface area contributed by atoms with E-state index in [0.29, 0.717) is 16.9 Å². The molecule has 0 amide bonds. The summed E-state index contributed by atoms with van der Waals surface area (Å²) in [6, 6.07) is 6.37. The lowest BCUT2D eigenvalue weighted by atomic mass is 10.2. The van der Waals surface area contributed by atoms with Gasteiger partial charge >= 0.3 is 11.7 Å². The topological polar surface area (TPSA) is 93.6 Å². The van der Waals surface area contributed by atoms with E-state index < -0.39 is 10.9 Å². The van der Waals surface area contributed by atoms with Gasteiger partial charge in [-0.15, -0.1) is 11.8 Å². The minimum absolute atomic E-state index is 0.0286. The molecule has 7 heteroatoms. The Morgan fingerprint density at radius 1 is 1.50 bits per heavy atom. The van der Waals surface area contributed by atoms with Crippen LogP contribution in [-0.4, -0.2) is 21.8 Å². The number of para-hydroxylation sites is 1. The molecule has 0 radical (unpaired) electrons. The van der Waals surface area contributed by atoms with Crippen LogP contribution in [-0.2, 0) is 10.5 Å². The van der Waals surface area contributed by atoms with Gasteiger partial charge in [0.15, 0.2) is 0 Å². The molecular formula is C11H9NO5S. The summed E-state index contributed by atoms with van der Waals surface area (Å²) in [5.74, 6) is -0.0234. The minimum atomic E-state index is -0.901. The molecule has 1 aromatic heterocycles. The molecule has 2 aromatic rings. The zero-order valence-corrected chi connectivity index (χ0v) is 9.98. The lowest BCUT2D eigenvalue weighted by molar-refractivity contribution is -0.383. The highest BCUT2D eigenvalue weighted by Gasteiger charge is 2.16. The summed E-state index contributed by atoms with van der Waals surface area (Å²) < 4.78 is 5.39. The predicted octanol–water partition coefficient (Wildman–Crippen LogP) is 2.66. The fourth-order valence-electron chi connectivity index (χ4n) is 1.55. The molecule has 0 spiro atoms. The second-order valence-electron chi connectivity index (χ2n) is 3.55. The predicted molar refractivity (Wildman–Crippen MR) is 66.7 cm³/mol. The third-order valence-corrected chi connectivity index (χ3v) is 3.18. The SMILES string of the molecule is O=C(O)CSCc1cc2cccc([N+](=O)[O-])c2o1. The number of nitro groups is 1. The number of carboxylic acids is 1. The molecule has 0 saturated heterocycles. The Balaban J connectivity index is 2.24. The van der Waals surface area contributed by atoms with Crippen LogP contribution in [0.4, 0.5) is 5.69 Å². The molecular weight excluding hydrogens is 258 g/mol. The number of hydrogen-bond donors (Lipinski definition) is 1. The number of nitrogens with zero attached hydrogens (tertiary/aromatic N) is 1. The van der Waals surface area contributed by atoms with Crippen molar-refractivity contribution < 1.29 is 19.2 Å². The highest BCUT2D eigenvalue weighted by atomic mass is 32.2. The van der Waals surface area contributed by atoms with Gasteiger partial charge in [-0.25, -0.2) is 0 Å². The van der Waals surface area contributed by atoms with Crippen LogP contribution in [0.25, 0.3) is 11.0 Å². The van der Waals surface area contributed by atoms with E-state index >= 15 is 0 Å². The van der Waals surface area contributed by atoms with Crippen molar-refractivity contribution >= 4 is 34.4 Å². The van der Waals surface area contributed by atoms with E-state index in [0.717, 1.165) is 0 Å². The van der Waals surface area contributed by atoms with Crippen LogP contribution in [0.2, 0.25) is 0 Å². The Bertz CT molecular complexity index is 606. The summed E-state index contributed by atoms with van der Waals surface area (Å²) in [6.45, 7) is 0. The summed E-state index contributed by atoms with van der Waals surface area (Å²) in [6.07, 6.45) is 0. The quantitative estimate of drug-likeness (QED) is 0.661. The van der Waals surface area contributed by atoms with Gasteiger partial charge in [-0.1, -0.05) is 12.1 Å². The van der Waals surface area contributed by atoms with Gasteiger partial charge in [-0.05, 0) is 6.07 Å². The maximum atomic E-state index is 10.8. The van der Waals surface area contributed by atoms with Crippen LogP contribution in [0.1, 0.15) is 5.76 Å². The third-order valence-electron chi connectivity index (χ3n) is 2.24. The molecule has 0 bridgehead atoms. The molecule has 0 aliphatic carbocycles. The highest BCUT2D eigenvalue weighted by molar-refractivity contribution is 7.99. The zero-order chi connectivity index (χ0) is 13.1. The Labute approximate surface area is 106 Å². The minimum Gasteiger partial charge on any atom is -0.481 e. The summed E-state index contributed by atoms with van der Waals surface area (Å²) in [5.41, 5.74) is 0.149. The van der Waals surface area contributed by atoms with E-state index in [9.17, 15) is 14.9 Å². The van der Waals surface area contributed by atoms with Crippen LogP contribution < -0.4 is 0 Å². The Morgan fingerprint density at radius 3 is 2.94 bits per heavy atom. The molecule has 1 heterocycles. The maximum absolute atomic E-state index is 10.8. The first kappa shape index (κ1) is 12.4. The molecule has 18 heavy (non-hydrogen) atoms. The number of fused-ring (bicyclic) bond motifs is 1. The Morgan fingerprint density at radius 2 is 2.28 bits per heavy atom. The number of aliphatic carboxylic acids is 1. The first-order chi connectivity index (χ1) is 8.58. The summed E-state index contributed by atoms with van der Waals surface area (Å²) >= 11 is 1.18. The molecule has 0 saturated carbocycles. The molecule has 0 unspecified atom stereocenters. The summed E-state index contributed by atoms with van der Waals surface area (Å²) in [7, 11) is 0. The van der Waals surface area contributed by atoms with Gasteiger partial charge in [-0.2, -0.15) is 0 Å². The number of rotatable bonds is 5. The monoisotopic (exact) mass is 267 g/mol. The highest BCUT2D eigenvalue weighted by Crippen LogP contribution is 2.29. The van der Waals surface area contributed by atoms with Crippen LogP contribution in [0.15, 0.2) is 28.7 Å². The number of nitro benzene ring substituents is 1. The number of thioether (sulfide) groups is 1. The van der Waals surface area contributed by atoms with Crippen LogP contribution in [0.3, 0.4) is 0 Å². The first-order valence-corrected chi connectivity index (χ1v) is 6.19. The first-order valence-electron chi connectivity index (χ1n) is 5.03. The number of carboxylic acid groups (broad SMARTS) is 1. The Kier molecular flexibility index (Phi) is 3.52. The van der Waals surface area contributed by atoms with Gasteiger partial charge in [0.05, 0.1) is 16.4 Å². The standard InChI is InChI=1S/C11H9NO5S/c13-10(14)6-18-5-8-4-7-2-1-3-9(12(15)16)11(7)17-8/h1-4H,5-6H2,(H,13,14). The van der Waals surface area contributed by atoms with Crippen molar-refractivity contribution in [2.45, 2.75) is 5.75 Å².